The number of carbonyl (C=O) groups excluding carboxylic acids is 2. The lowest BCUT2D eigenvalue weighted by molar-refractivity contribution is -0.232. The fraction of sp³-hybridized carbons (Fsp3) is 0.733. The summed E-state index contributed by atoms with van der Waals surface area (Å²) in [6, 6.07) is 0. The molecule has 2 N–H and O–H groups in total. The maximum atomic E-state index is 12.3. The van der Waals surface area contributed by atoms with Crippen molar-refractivity contribution in [3.05, 3.63) is 0 Å². The second-order valence-electron chi connectivity index (χ2n) is 5.20. The third-order valence-corrected chi connectivity index (χ3v) is 4.06. The van der Waals surface area contributed by atoms with E-state index in [0.717, 1.165) is 14.0 Å². The van der Waals surface area contributed by atoms with Crippen LogP contribution in [0.4, 0.5) is 0 Å². The molecule has 0 saturated carbocycles. The summed E-state index contributed by atoms with van der Waals surface area (Å²) in [7, 11) is 2.28. The molecule has 0 aliphatic carbocycles. The van der Waals surface area contributed by atoms with E-state index >= 15 is 0 Å². The highest BCUT2D eigenvalue weighted by molar-refractivity contribution is 6.02. The molecular weight excluding hydrogens is 324 g/mol. The van der Waals surface area contributed by atoms with Crippen LogP contribution in [0.5, 0.6) is 0 Å². The fourth-order valence-electron chi connectivity index (χ4n) is 3.05. The second-order valence-corrected chi connectivity index (χ2v) is 5.20. The first-order valence-electron chi connectivity index (χ1n) is 7.32. The molecule has 0 aliphatic heterocycles. The predicted molar refractivity (Wildman–Crippen MR) is 80.5 cm³/mol. The highest BCUT2D eigenvalue weighted by atomic mass is 16.6. The maximum absolute atomic E-state index is 12.3. The molecule has 0 rings (SSSR count). The first-order chi connectivity index (χ1) is 11.1. The fourth-order valence-corrected chi connectivity index (χ4v) is 3.05. The number of carboxylic acids is 2. The van der Waals surface area contributed by atoms with Crippen molar-refractivity contribution in [2.45, 2.75) is 44.8 Å². The van der Waals surface area contributed by atoms with E-state index in [0.29, 0.717) is 0 Å². The van der Waals surface area contributed by atoms with Gasteiger partial charge in [-0.3, -0.25) is 14.4 Å². The summed E-state index contributed by atoms with van der Waals surface area (Å²) in [6.07, 6.45) is -0.503. The van der Waals surface area contributed by atoms with Crippen molar-refractivity contribution in [1.29, 1.82) is 0 Å². The molecule has 9 nitrogen and oxygen atoms in total. The molecule has 0 radical (unpaired) electrons. The molecule has 24 heavy (non-hydrogen) atoms. The number of rotatable bonds is 11. The van der Waals surface area contributed by atoms with Crippen LogP contribution in [0.2, 0.25) is 0 Å². The van der Waals surface area contributed by atoms with E-state index in [-0.39, 0.29) is 12.8 Å². The molecule has 0 amide bonds. The zero-order chi connectivity index (χ0) is 19.1. The Morgan fingerprint density at radius 2 is 1.58 bits per heavy atom. The van der Waals surface area contributed by atoms with Gasteiger partial charge in [-0.05, 0) is 12.8 Å². The number of hydrogen-bond donors (Lipinski definition) is 2. The van der Waals surface area contributed by atoms with E-state index in [1.165, 1.54) is 21.0 Å². The van der Waals surface area contributed by atoms with Gasteiger partial charge < -0.3 is 24.4 Å². The first-order valence-corrected chi connectivity index (χ1v) is 7.32. The van der Waals surface area contributed by atoms with Crippen LogP contribution in [0.15, 0.2) is 0 Å². The van der Waals surface area contributed by atoms with Gasteiger partial charge in [0.2, 0.25) is 5.60 Å². The molecule has 0 fully saturated rings. The van der Waals surface area contributed by atoms with Crippen LogP contribution >= 0.6 is 0 Å². The molecule has 0 heterocycles. The molecular formula is C15H24O9. The quantitative estimate of drug-likeness (QED) is 0.404. The number of carboxylic acid groups (broad SMARTS) is 2. The van der Waals surface area contributed by atoms with Crippen LogP contribution in [0.3, 0.4) is 0 Å². The van der Waals surface area contributed by atoms with Gasteiger partial charge in [-0.25, -0.2) is 4.79 Å². The van der Waals surface area contributed by atoms with Crippen LogP contribution < -0.4 is 0 Å². The third kappa shape index (κ3) is 3.73. The van der Waals surface area contributed by atoms with Crippen molar-refractivity contribution in [1.82, 2.24) is 0 Å². The second kappa shape index (κ2) is 8.74. The van der Waals surface area contributed by atoms with Gasteiger partial charge in [0.05, 0.1) is 0 Å². The summed E-state index contributed by atoms with van der Waals surface area (Å²) in [5.74, 6) is -6.91. The zero-order valence-electron chi connectivity index (χ0n) is 14.5. The number of ether oxygens (including phenoxy) is 3. The lowest BCUT2D eigenvalue weighted by atomic mass is 9.68. The number of ketones is 1. The van der Waals surface area contributed by atoms with Crippen LogP contribution in [0.25, 0.3) is 0 Å². The van der Waals surface area contributed by atoms with Gasteiger partial charge in [-0.1, -0.05) is 13.8 Å². The summed E-state index contributed by atoms with van der Waals surface area (Å²) in [6.45, 7) is 3.30. The molecule has 0 saturated heterocycles. The topological polar surface area (TPSA) is 136 Å². The van der Waals surface area contributed by atoms with E-state index < -0.39 is 47.4 Å². The van der Waals surface area contributed by atoms with Gasteiger partial charge >= 0.3 is 17.9 Å². The molecule has 0 aromatic carbocycles. The van der Waals surface area contributed by atoms with Crippen molar-refractivity contribution in [3.8, 4) is 0 Å². The lowest BCUT2D eigenvalue weighted by Crippen LogP contribution is -2.68. The summed E-state index contributed by atoms with van der Waals surface area (Å²) in [5.41, 5.74) is -4.46. The average molecular weight is 348 g/mol. The van der Waals surface area contributed by atoms with Gasteiger partial charge in [-0.2, -0.15) is 0 Å². The van der Waals surface area contributed by atoms with Crippen molar-refractivity contribution in [2.75, 3.05) is 20.8 Å². The predicted octanol–water partition coefficient (Wildman–Crippen LogP) is 0.494. The summed E-state index contributed by atoms with van der Waals surface area (Å²) < 4.78 is 15.0. The van der Waals surface area contributed by atoms with E-state index in [9.17, 15) is 29.4 Å². The molecule has 138 valence electrons. The molecule has 3 atom stereocenters. The highest BCUT2D eigenvalue weighted by Crippen LogP contribution is 2.42. The summed E-state index contributed by atoms with van der Waals surface area (Å²) >= 11 is 0. The summed E-state index contributed by atoms with van der Waals surface area (Å²) in [4.78, 5) is 47.5. The van der Waals surface area contributed by atoms with Gasteiger partial charge in [0, 0.05) is 21.1 Å². The van der Waals surface area contributed by atoms with Crippen LogP contribution in [-0.4, -0.2) is 65.9 Å². The number of aliphatic carboxylic acids is 2. The van der Waals surface area contributed by atoms with Crippen molar-refractivity contribution >= 4 is 23.7 Å². The highest BCUT2D eigenvalue weighted by Gasteiger charge is 2.66. The lowest BCUT2D eigenvalue weighted by Gasteiger charge is -2.47. The first kappa shape index (κ1) is 22.0. The van der Waals surface area contributed by atoms with Crippen molar-refractivity contribution in [2.24, 2.45) is 5.92 Å². The van der Waals surface area contributed by atoms with Crippen LogP contribution in [0.1, 0.15) is 33.6 Å². The van der Waals surface area contributed by atoms with Crippen LogP contribution in [-0.2, 0) is 33.4 Å². The van der Waals surface area contributed by atoms with Crippen molar-refractivity contribution in [3.63, 3.8) is 0 Å². The average Bonchev–Trinajstić information content (AvgIpc) is 2.49. The minimum Gasteiger partial charge on any atom is -0.481 e. The molecule has 0 aromatic rings. The van der Waals surface area contributed by atoms with Gasteiger partial charge in [0.1, 0.15) is 12.2 Å². The minimum absolute atomic E-state index is 0.205. The number of Topliss-reactive ketones (excluding diaryl/α,β-unsaturated/α-hetero) is 1. The van der Waals surface area contributed by atoms with E-state index in [4.69, 9.17) is 9.47 Å². The number of carbonyl (C=O) groups is 4. The SMILES string of the molecule is CCC(OC(C)=O)(C(=O)O)C(CC)(OC)C(C(=O)O)C(=O)COC. The smallest absolute Gasteiger partial charge is 0.351 e. The van der Waals surface area contributed by atoms with Gasteiger partial charge in [0.25, 0.3) is 0 Å². The Kier molecular flexibility index (Phi) is 8.01. The minimum atomic E-state index is -2.35. The normalized spacial score (nSPS) is 17.2. The van der Waals surface area contributed by atoms with Crippen LogP contribution in [0, 0.1) is 5.92 Å². The number of hydrogen-bond acceptors (Lipinski definition) is 7. The van der Waals surface area contributed by atoms with E-state index in [2.05, 4.69) is 4.74 Å². The standard InChI is InChI=1S/C15H24O9/c1-6-14(23-5,11(12(18)19)10(17)8-22-4)15(7-2,13(20)21)24-9(3)16/h11H,6-8H2,1-5H3,(H,18,19)(H,20,21). The molecule has 0 bridgehead atoms. The Hall–Kier alpha value is -2.00. The summed E-state index contributed by atoms with van der Waals surface area (Å²) in [5, 5.41) is 19.3. The molecule has 9 heteroatoms. The molecule has 0 spiro atoms. The monoisotopic (exact) mass is 348 g/mol. The molecule has 0 aliphatic rings. The van der Waals surface area contributed by atoms with E-state index in [1.807, 2.05) is 0 Å². The molecule has 0 aromatic heterocycles. The van der Waals surface area contributed by atoms with Crippen molar-refractivity contribution < 1.29 is 43.6 Å². The van der Waals surface area contributed by atoms with Gasteiger partial charge in [-0.15, -0.1) is 0 Å². The van der Waals surface area contributed by atoms with Gasteiger partial charge in [0.15, 0.2) is 11.7 Å². The Balaban J connectivity index is 6.61. The Morgan fingerprint density at radius 1 is 1.04 bits per heavy atom. The zero-order valence-corrected chi connectivity index (χ0v) is 14.5. The largest absolute Gasteiger partial charge is 0.481 e. The van der Waals surface area contributed by atoms with E-state index in [1.54, 1.807) is 0 Å². The Labute approximate surface area is 139 Å². The number of esters is 1. The maximum Gasteiger partial charge on any atom is 0.351 e. The number of methoxy groups -OCH3 is 2. The molecule has 3 unspecified atom stereocenters. The third-order valence-electron chi connectivity index (χ3n) is 4.06. The Morgan fingerprint density at radius 3 is 1.83 bits per heavy atom. The Bertz CT molecular complexity index is 495.